The molecule has 2 aliphatic carbocycles. The predicted molar refractivity (Wildman–Crippen MR) is 151 cm³/mol. The third-order valence-electron chi connectivity index (χ3n) is 8.47. The Bertz CT molecular complexity index is 977. The Morgan fingerprint density at radius 2 is 1.57 bits per heavy atom. The molecule has 1 heterocycles. The van der Waals surface area contributed by atoms with Crippen molar-refractivity contribution in [3.63, 3.8) is 0 Å². The van der Waals surface area contributed by atoms with Gasteiger partial charge in [-0.2, -0.15) is 0 Å². The highest BCUT2D eigenvalue weighted by atomic mass is 16.6. The van der Waals surface area contributed by atoms with Crippen LogP contribution in [0.15, 0.2) is 12.2 Å². The second-order valence-electron chi connectivity index (χ2n) is 13.1. The number of carbonyl (C=O) groups excluding carboxylic acids is 5. The minimum atomic E-state index is -1.19. The molecule has 4 amide bonds. The van der Waals surface area contributed by atoms with Gasteiger partial charge in [0.2, 0.25) is 17.6 Å². The zero-order valence-electron chi connectivity index (χ0n) is 24.7. The molecule has 0 radical (unpaired) electrons. The first kappa shape index (κ1) is 31.6. The number of likely N-dealkylation sites (tertiary alicyclic amines) is 1. The van der Waals surface area contributed by atoms with Gasteiger partial charge in [-0.05, 0) is 76.5 Å². The Morgan fingerprint density at radius 3 is 2.10 bits per heavy atom. The Labute approximate surface area is 238 Å². The van der Waals surface area contributed by atoms with Crippen LogP contribution >= 0.6 is 0 Å². The maximum absolute atomic E-state index is 14.1. The van der Waals surface area contributed by atoms with Gasteiger partial charge < -0.3 is 26.0 Å². The summed E-state index contributed by atoms with van der Waals surface area (Å²) < 4.78 is 5.48. The molecule has 10 nitrogen and oxygen atoms in total. The van der Waals surface area contributed by atoms with Gasteiger partial charge in [0.05, 0.1) is 0 Å². The molecule has 0 aromatic rings. The van der Waals surface area contributed by atoms with Gasteiger partial charge in [-0.3, -0.25) is 19.2 Å². The number of carbonyl (C=O) groups is 5. The van der Waals surface area contributed by atoms with E-state index in [-0.39, 0.29) is 23.7 Å². The molecule has 2 saturated carbocycles. The maximum atomic E-state index is 14.1. The fraction of sp³-hybridized carbons (Fsp3) is 0.767. The van der Waals surface area contributed by atoms with Gasteiger partial charge in [0.15, 0.2) is 0 Å². The van der Waals surface area contributed by atoms with Crippen LogP contribution in [-0.2, 0) is 23.9 Å². The van der Waals surface area contributed by atoms with Crippen molar-refractivity contribution in [1.82, 2.24) is 15.5 Å². The lowest BCUT2D eigenvalue weighted by Crippen LogP contribution is -2.58. The molecule has 0 aromatic heterocycles. The third kappa shape index (κ3) is 8.54. The fourth-order valence-electron chi connectivity index (χ4n) is 5.81. The summed E-state index contributed by atoms with van der Waals surface area (Å²) in [6.07, 6.45) is 10.9. The summed E-state index contributed by atoms with van der Waals surface area (Å²) >= 11 is 0. The molecule has 4 N–H and O–H groups in total. The normalized spacial score (nSPS) is 23.9. The van der Waals surface area contributed by atoms with Crippen molar-refractivity contribution in [3.8, 4) is 0 Å². The number of Topliss-reactive ketones (excluding diaryl/α,β-unsaturated/α-hetero) is 1. The Balaban J connectivity index is 1.84. The summed E-state index contributed by atoms with van der Waals surface area (Å²) in [5.74, 6) is -2.33. The van der Waals surface area contributed by atoms with Crippen LogP contribution in [0.5, 0.6) is 0 Å². The Kier molecular flexibility index (Phi) is 10.8. The SMILES string of the molecule is CC(C)[C@@H]1C[C@@H](C(=O)NC(/C=C/C2CCC2)C(=O)C(N)=O)N(C(=O)[C@@H](NC(=O)OC(C)(C)C)C2CCCCC2)C1. The van der Waals surface area contributed by atoms with E-state index < -0.39 is 47.4 Å². The largest absolute Gasteiger partial charge is 0.444 e. The molecule has 1 saturated heterocycles. The van der Waals surface area contributed by atoms with Crippen LogP contribution < -0.4 is 16.4 Å². The lowest BCUT2D eigenvalue weighted by Gasteiger charge is -2.35. The molecule has 0 aromatic carbocycles. The van der Waals surface area contributed by atoms with E-state index in [4.69, 9.17) is 10.5 Å². The number of ketones is 1. The van der Waals surface area contributed by atoms with E-state index in [0.717, 1.165) is 51.4 Å². The molecule has 3 rings (SSSR count). The molecular weight excluding hydrogens is 512 g/mol. The third-order valence-corrected chi connectivity index (χ3v) is 8.47. The van der Waals surface area contributed by atoms with Crippen LogP contribution in [0.3, 0.4) is 0 Å². The van der Waals surface area contributed by atoms with Crippen molar-refractivity contribution >= 4 is 29.6 Å². The highest BCUT2D eigenvalue weighted by Crippen LogP contribution is 2.33. The zero-order valence-corrected chi connectivity index (χ0v) is 24.7. The summed E-state index contributed by atoms with van der Waals surface area (Å²) in [5, 5.41) is 5.53. The van der Waals surface area contributed by atoms with E-state index in [1.54, 1.807) is 31.7 Å². The van der Waals surface area contributed by atoms with Crippen molar-refractivity contribution in [2.75, 3.05) is 6.54 Å². The molecule has 0 bridgehead atoms. The molecule has 1 unspecified atom stereocenters. The van der Waals surface area contributed by atoms with Crippen molar-refractivity contribution in [1.29, 1.82) is 0 Å². The number of hydrogen-bond acceptors (Lipinski definition) is 6. The number of allylic oxidation sites excluding steroid dienone is 1. The molecule has 3 fully saturated rings. The van der Waals surface area contributed by atoms with Crippen molar-refractivity contribution < 1.29 is 28.7 Å². The number of alkyl carbamates (subject to hydrolysis) is 1. The van der Waals surface area contributed by atoms with Gasteiger partial charge in [0.25, 0.3) is 5.91 Å². The van der Waals surface area contributed by atoms with E-state index in [9.17, 15) is 24.0 Å². The number of nitrogens with one attached hydrogen (secondary N) is 2. The highest BCUT2D eigenvalue weighted by molar-refractivity contribution is 6.38. The van der Waals surface area contributed by atoms with Crippen LogP contribution in [0.25, 0.3) is 0 Å². The van der Waals surface area contributed by atoms with Gasteiger partial charge in [0.1, 0.15) is 23.7 Å². The fourth-order valence-corrected chi connectivity index (χ4v) is 5.81. The maximum Gasteiger partial charge on any atom is 0.408 e. The van der Waals surface area contributed by atoms with Gasteiger partial charge in [-0.25, -0.2) is 4.79 Å². The molecular formula is C30H48N4O6. The number of amides is 4. The summed E-state index contributed by atoms with van der Waals surface area (Å²) in [6, 6.07) is -2.85. The monoisotopic (exact) mass is 560 g/mol. The summed E-state index contributed by atoms with van der Waals surface area (Å²) in [6.45, 7) is 9.75. The zero-order chi connectivity index (χ0) is 29.6. The van der Waals surface area contributed by atoms with Crippen molar-refractivity contribution in [2.24, 2.45) is 29.4 Å². The van der Waals surface area contributed by atoms with E-state index in [2.05, 4.69) is 10.6 Å². The molecule has 1 aliphatic heterocycles. The highest BCUT2D eigenvalue weighted by Gasteiger charge is 2.45. The topological polar surface area (TPSA) is 148 Å². The van der Waals surface area contributed by atoms with Gasteiger partial charge >= 0.3 is 6.09 Å². The molecule has 0 spiro atoms. The average molecular weight is 561 g/mol. The first-order valence-corrected chi connectivity index (χ1v) is 14.9. The van der Waals surface area contributed by atoms with E-state index in [0.29, 0.717) is 18.9 Å². The predicted octanol–water partition coefficient (Wildman–Crippen LogP) is 3.23. The van der Waals surface area contributed by atoms with Gasteiger partial charge in [0, 0.05) is 6.54 Å². The first-order chi connectivity index (χ1) is 18.8. The molecule has 3 aliphatic rings. The molecule has 40 heavy (non-hydrogen) atoms. The summed E-state index contributed by atoms with van der Waals surface area (Å²) in [5.41, 5.74) is 4.55. The van der Waals surface area contributed by atoms with E-state index in [1.165, 1.54) is 0 Å². The minimum absolute atomic E-state index is 0.0593. The van der Waals surface area contributed by atoms with E-state index in [1.807, 2.05) is 19.9 Å². The molecule has 10 heteroatoms. The number of nitrogens with zero attached hydrogens (tertiary/aromatic N) is 1. The number of primary amides is 1. The second-order valence-corrected chi connectivity index (χ2v) is 13.1. The van der Waals surface area contributed by atoms with Crippen molar-refractivity contribution in [3.05, 3.63) is 12.2 Å². The Morgan fingerprint density at radius 1 is 0.925 bits per heavy atom. The standard InChI is InChI=1S/C30H48N4O6/c1-18(2)21-16-23(27(37)32-22(25(35)26(31)36)15-14-19-10-9-11-19)34(17-21)28(38)24(20-12-7-6-8-13-20)33-29(39)40-30(3,4)5/h14-15,18-24H,6-13,16-17H2,1-5H3,(H2,31,36)(H,32,37)(H,33,39)/b15-14+/t21-,22?,23+,24+/m1/s1. The van der Waals surface area contributed by atoms with Crippen LogP contribution in [0.2, 0.25) is 0 Å². The van der Waals surface area contributed by atoms with Crippen LogP contribution in [-0.4, -0.2) is 64.8 Å². The second kappa shape index (κ2) is 13.6. The smallest absolute Gasteiger partial charge is 0.408 e. The Hall–Kier alpha value is -2.91. The molecule has 4 atom stereocenters. The van der Waals surface area contributed by atoms with E-state index >= 15 is 0 Å². The van der Waals surface area contributed by atoms with Gasteiger partial charge in [-0.15, -0.1) is 0 Å². The van der Waals surface area contributed by atoms with Crippen LogP contribution in [0.1, 0.15) is 92.4 Å². The molecule has 224 valence electrons. The number of ether oxygens (including phenoxy) is 1. The lowest BCUT2D eigenvalue weighted by molar-refractivity contribution is -0.142. The minimum Gasteiger partial charge on any atom is -0.444 e. The first-order valence-electron chi connectivity index (χ1n) is 14.9. The van der Waals surface area contributed by atoms with Gasteiger partial charge in [-0.1, -0.05) is 51.7 Å². The average Bonchev–Trinajstić information content (AvgIpc) is 3.30. The quantitative estimate of drug-likeness (QED) is 0.276. The number of nitrogens with two attached hydrogens (primary N) is 1. The van der Waals surface area contributed by atoms with Crippen LogP contribution in [0.4, 0.5) is 4.79 Å². The lowest BCUT2D eigenvalue weighted by atomic mass is 9.83. The van der Waals surface area contributed by atoms with Crippen LogP contribution in [0, 0.1) is 23.7 Å². The summed E-state index contributed by atoms with van der Waals surface area (Å²) in [7, 11) is 0. The van der Waals surface area contributed by atoms with Crippen molar-refractivity contribution in [2.45, 2.75) is 116 Å². The number of hydrogen-bond donors (Lipinski definition) is 3. The summed E-state index contributed by atoms with van der Waals surface area (Å²) in [4.78, 5) is 66.4. The number of rotatable bonds is 10.